The average Bonchev–Trinajstić information content (AvgIpc) is 2.82. The first-order valence-electron chi connectivity index (χ1n) is 15.9. The maximum Gasteiger partial charge on any atom is 0.191 e. The van der Waals surface area contributed by atoms with Gasteiger partial charge in [0.25, 0.3) is 0 Å². The molecule has 0 aromatic heterocycles. The number of hydrogen-bond donors (Lipinski definition) is 2. The number of aldehydes is 1. The van der Waals surface area contributed by atoms with Crippen molar-refractivity contribution in [1.82, 2.24) is 0 Å². The quantitative estimate of drug-likeness (QED) is 0.0657. The highest BCUT2D eigenvalue weighted by atomic mass is 28.4. The normalized spacial score (nSPS) is 26.5. The molecule has 1 aliphatic carbocycles. The summed E-state index contributed by atoms with van der Waals surface area (Å²) in [6.45, 7) is 26.6. The fraction of sp³-hybridized carbons (Fsp3) is 0.750. The fourth-order valence-electron chi connectivity index (χ4n) is 6.00. The van der Waals surface area contributed by atoms with Crippen LogP contribution in [0.3, 0.4) is 0 Å². The van der Waals surface area contributed by atoms with E-state index in [1.54, 1.807) is 0 Å². The molecule has 1 fully saturated rings. The number of aliphatic hydroxyl groups is 2. The summed E-state index contributed by atoms with van der Waals surface area (Å²) in [7, 11) is -1.82. The molecule has 1 aliphatic rings. The zero-order valence-electron chi connectivity index (χ0n) is 28.7. The van der Waals surface area contributed by atoms with E-state index in [1.165, 1.54) is 22.3 Å². The molecule has 0 aromatic carbocycles. The van der Waals surface area contributed by atoms with Crippen molar-refractivity contribution in [3.63, 3.8) is 0 Å². The summed E-state index contributed by atoms with van der Waals surface area (Å²) < 4.78 is 6.49. The van der Waals surface area contributed by atoms with Crippen molar-refractivity contribution in [2.45, 2.75) is 157 Å². The Morgan fingerprint density at radius 1 is 1.07 bits per heavy atom. The highest BCUT2D eigenvalue weighted by Gasteiger charge is 2.52. The topological polar surface area (TPSA) is 66.8 Å². The molecule has 236 valence electrons. The van der Waals surface area contributed by atoms with Crippen molar-refractivity contribution < 1.29 is 19.4 Å². The molecule has 1 saturated carbocycles. The van der Waals surface area contributed by atoms with Crippen LogP contribution in [-0.2, 0) is 9.22 Å². The van der Waals surface area contributed by atoms with Crippen molar-refractivity contribution in [3.05, 3.63) is 46.1 Å². The zero-order valence-corrected chi connectivity index (χ0v) is 29.7. The molecule has 0 aromatic rings. The van der Waals surface area contributed by atoms with Crippen LogP contribution in [0.5, 0.6) is 0 Å². The summed E-state index contributed by atoms with van der Waals surface area (Å²) in [5, 5.41) is 22.6. The minimum absolute atomic E-state index is 0.130. The van der Waals surface area contributed by atoms with Gasteiger partial charge < -0.3 is 14.6 Å². The molecule has 0 heterocycles. The van der Waals surface area contributed by atoms with Crippen molar-refractivity contribution in [1.29, 1.82) is 0 Å². The summed E-state index contributed by atoms with van der Waals surface area (Å²) in [6.07, 6.45) is 14.5. The lowest BCUT2D eigenvalue weighted by Crippen LogP contribution is -2.52. The van der Waals surface area contributed by atoms with Gasteiger partial charge in [-0.2, -0.15) is 0 Å². The molecule has 5 heteroatoms. The molecular formula is C36H64O4Si. The monoisotopic (exact) mass is 588 g/mol. The maximum atomic E-state index is 11.9. The Hall–Kier alpha value is -1.27. The van der Waals surface area contributed by atoms with Crippen LogP contribution < -0.4 is 0 Å². The molecule has 0 spiro atoms. The van der Waals surface area contributed by atoms with Crippen molar-refractivity contribution in [2.75, 3.05) is 6.61 Å². The highest BCUT2D eigenvalue weighted by Crippen LogP contribution is 2.55. The van der Waals surface area contributed by atoms with E-state index in [4.69, 9.17) is 4.43 Å². The molecule has 0 aliphatic heterocycles. The number of allylic oxidation sites excluding steroid dienone is 6. The van der Waals surface area contributed by atoms with E-state index < -0.39 is 20.0 Å². The first-order chi connectivity index (χ1) is 18.8. The molecule has 41 heavy (non-hydrogen) atoms. The molecule has 4 atom stereocenters. The third kappa shape index (κ3) is 11.4. The third-order valence-corrected chi connectivity index (χ3v) is 14.7. The van der Waals surface area contributed by atoms with E-state index in [0.29, 0.717) is 12.8 Å². The lowest BCUT2D eigenvalue weighted by molar-refractivity contribution is -0.115. The van der Waals surface area contributed by atoms with Crippen LogP contribution in [0.2, 0.25) is 18.1 Å². The van der Waals surface area contributed by atoms with Gasteiger partial charge in [0.15, 0.2) is 8.32 Å². The summed E-state index contributed by atoms with van der Waals surface area (Å²) in [5.74, 6) is 0.130. The Morgan fingerprint density at radius 3 is 2.27 bits per heavy atom. The number of carbonyl (C=O) groups excluding carboxylic acids is 1. The smallest absolute Gasteiger partial charge is 0.191 e. The third-order valence-electron chi connectivity index (χ3n) is 10.1. The average molecular weight is 589 g/mol. The molecule has 1 rings (SSSR count). The van der Waals surface area contributed by atoms with Crippen LogP contribution in [0.15, 0.2) is 46.1 Å². The van der Waals surface area contributed by atoms with Crippen LogP contribution in [-0.4, -0.2) is 43.1 Å². The van der Waals surface area contributed by atoms with Crippen molar-refractivity contribution in [2.24, 2.45) is 11.3 Å². The van der Waals surface area contributed by atoms with Crippen LogP contribution in [0.1, 0.15) is 127 Å². The van der Waals surface area contributed by atoms with Crippen LogP contribution >= 0.6 is 0 Å². The second-order valence-corrected chi connectivity index (χ2v) is 19.8. The summed E-state index contributed by atoms with van der Waals surface area (Å²) >= 11 is 0. The van der Waals surface area contributed by atoms with E-state index in [1.807, 2.05) is 19.9 Å². The molecule has 4 nitrogen and oxygen atoms in total. The van der Waals surface area contributed by atoms with Gasteiger partial charge in [0.2, 0.25) is 0 Å². The van der Waals surface area contributed by atoms with Gasteiger partial charge >= 0.3 is 0 Å². The van der Waals surface area contributed by atoms with Gasteiger partial charge in [0, 0.05) is 12.0 Å². The van der Waals surface area contributed by atoms with Crippen LogP contribution in [0.4, 0.5) is 0 Å². The van der Waals surface area contributed by atoms with Gasteiger partial charge in [-0.15, -0.1) is 0 Å². The number of hydrogen-bond acceptors (Lipinski definition) is 4. The van der Waals surface area contributed by atoms with Gasteiger partial charge in [-0.05, 0) is 129 Å². The largest absolute Gasteiger partial charge is 0.417 e. The molecule has 0 unspecified atom stereocenters. The van der Waals surface area contributed by atoms with E-state index in [0.717, 1.165) is 63.4 Å². The Labute approximate surface area is 254 Å². The standard InChI is InChI=1S/C36H64O4Si/c1-27(2)16-13-17-28(3)24-31(38)25-29(4)18-14-21-35(9)33(19-15-23-40-41(11,12)34(6,7)8)32(30(5)26-37)20-22-36(35,10)39/h16,18,24,26,31,33,38-39H,13-15,17,19-23,25H2,1-12H3/b28-24+,29-18+,32-30-/t31-,33+,35-,36-/m0/s1. The van der Waals surface area contributed by atoms with E-state index in [9.17, 15) is 15.0 Å². The minimum atomic E-state index is -1.82. The van der Waals surface area contributed by atoms with E-state index >= 15 is 0 Å². The van der Waals surface area contributed by atoms with E-state index in [2.05, 4.69) is 80.6 Å². The predicted octanol–water partition coefficient (Wildman–Crippen LogP) is 9.64. The van der Waals surface area contributed by atoms with Gasteiger partial charge in [0.1, 0.15) is 6.29 Å². The lowest BCUT2D eigenvalue weighted by Gasteiger charge is -2.53. The van der Waals surface area contributed by atoms with Gasteiger partial charge in [-0.25, -0.2) is 0 Å². The van der Waals surface area contributed by atoms with Gasteiger partial charge in [0.05, 0.1) is 11.7 Å². The first-order valence-corrected chi connectivity index (χ1v) is 18.8. The van der Waals surface area contributed by atoms with E-state index in [-0.39, 0.29) is 16.4 Å². The molecule has 0 radical (unpaired) electrons. The van der Waals surface area contributed by atoms with Crippen molar-refractivity contribution in [3.8, 4) is 0 Å². The lowest BCUT2D eigenvalue weighted by atomic mass is 9.54. The number of rotatable bonds is 15. The Bertz CT molecular complexity index is 972. The van der Waals surface area contributed by atoms with Gasteiger partial charge in [-0.1, -0.05) is 68.2 Å². The summed E-state index contributed by atoms with van der Waals surface area (Å²) in [4.78, 5) is 11.9. The van der Waals surface area contributed by atoms with Crippen molar-refractivity contribution >= 4 is 14.6 Å². The molecule has 0 amide bonds. The van der Waals surface area contributed by atoms with Gasteiger partial charge in [-0.3, -0.25) is 4.79 Å². The van der Waals surface area contributed by atoms with Crippen LogP contribution in [0, 0.1) is 11.3 Å². The number of carbonyl (C=O) groups is 1. The highest BCUT2D eigenvalue weighted by molar-refractivity contribution is 6.74. The Morgan fingerprint density at radius 2 is 1.71 bits per heavy atom. The SMILES string of the molecule is CC(C)=CCC/C(C)=C/[C@H](O)C/C(C)=C/CC[C@@]1(C)[C@H](CCCO[Si](C)(C)C(C)(C)C)/C(=C(/C)C=O)CC[C@]1(C)O. The van der Waals surface area contributed by atoms with Crippen LogP contribution in [0.25, 0.3) is 0 Å². The fourth-order valence-corrected chi connectivity index (χ4v) is 7.09. The summed E-state index contributed by atoms with van der Waals surface area (Å²) in [6, 6.07) is 0. The molecular weight excluding hydrogens is 524 g/mol. The molecule has 0 bridgehead atoms. The number of aliphatic hydroxyl groups excluding tert-OH is 1. The Kier molecular flexibility index (Phi) is 14.7. The summed E-state index contributed by atoms with van der Waals surface area (Å²) in [5.41, 5.74) is 4.57. The minimum Gasteiger partial charge on any atom is -0.417 e. The molecule has 0 saturated heterocycles. The maximum absolute atomic E-state index is 11.9. The molecule has 2 N–H and O–H groups in total. The second kappa shape index (κ2) is 16.0. The zero-order chi connectivity index (χ0) is 31.6. The second-order valence-electron chi connectivity index (χ2n) is 15.0. The first kappa shape index (κ1) is 37.8. The predicted molar refractivity (Wildman–Crippen MR) is 179 cm³/mol. The Balaban J connectivity index is 3.02.